The topological polar surface area (TPSA) is 29.3 Å². The van der Waals surface area contributed by atoms with Crippen molar-refractivity contribution in [2.75, 3.05) is 18.0 Å². The summed E-state index contributed by atoms with van der Waals surface area (Å²) < 4.78 is 0. The molecule has 2 rings (SSSR count). The number of rotatable bonds is 8. The van der Waals surface area contributed by atoms with Gasteiger partial charge in [-0.2, -0.15) is 0 Å². The zero-order chi connectivity index (χ0) is 21.0. The molecule has 0 heterocycles. The molecule has 2 heteroatoms. The van der Waals surface area contributed by atoms with E-state index in [1.54, 1.807) is 0 Å². The molecule has 28 heavy (non-hydrogen) atoms. The van der Waals surface area contributed by atoms with Gasteiger partial charge < -0.3 is 10.6 Å². The predicted octanol–water partition coefficient (Wildman–Crippen LogP) is 7.28. The largest absolute Gasteiger partial charge is 0.339 e. The average Bonchev–Trinajstić information content (AvgIpc) is 2.64. The molecule has 2 aromatic rings. The fourth-order valence-electron chi connectivity index (χ4n) is 4.11. The first-order chi connectivity index (χ1) is 13.2. The van der Waals surface area contributed by atoms with Gasteiger partial charge in [0.15, 0.2) is 0 Å². The van der Waals surface area contributed by atoms with E-state index in [9.17, 15) is 0 Å². The zero-order valence-electron chi connectivity index (χ0n) is 19.2. The Kier molecular flexibility index (Phi) is 7.71. The molecule has 2 N–H and O–H groups in total. The Balaban J connectivity index is 2.89. The Hall–Kier alpha value is -1.80. The maximum atomic E-state index is 6.17. The van der Waals surface area contributed by atoms with E-state index in [-0.39, 0.29) is 0 Å². The molecule has 0 aromatic heterocycles. The maximum absolute atomic E-state index is 6.17. The van der Waals surface area contributed by atoms with Crippen LogP contribution in [0.15, 0.2) is 36.4 Å². The second-order valence-electron chi connectivity index (χ2n) is 9.13. The number of hydrogen-bond acceptors (Lipinski definition) is 2. The van der Waals surface area contributed by atoms with Gasteiger partial charge in [-0.25, -0.2) is 0 Å². The molecule has 0 radical (unpaired) electrons. The highest BCUT2D eigenvalue weighted by molar-refractivity contribution is 5.76. The molecule has 0 spiro atoms. The third-order valence-corrected chi connectivity index (χ3v) is 5.58. The first-order valence-corrected chi connectivity index (χ1v) is 10.9. The van der Waals surface area contributed by atoms with E-state index in [4.69, 9.17) is 5.73 Å². The minimum Gasteiger partial charge on any atom is -0.339 e. The van der Waals surface area contributed by atoms with E-state index >= 15 is 0 Å². The van der Waals surface area contributed by atoms with E-state index in [0.29, 0.717) is 30.2 Å². The van der Waals surface area contributed by atoms with Gasteiger partial charge in [0.25, 0.3) is 0 Å². The van der Waals surface area contributed by atoms with Gasteiger partial charge in [-0.3, -0.25) is 0 Å². The van der Waals surface area contributed by atoms with Crippen molar-refractivity contribution in [2.45, 2.75) is 79.1 Å². The van der Waals surface area contributed by atoms with Crippen molar-refractivity contribution in [2.24, 2.45) is 5.73 Å². The molecule has 154 valence electrons. The summed E-state index contributed by atoms with van der Waals surface area (Å²) in [6, 6.07) is 13.6. The van der Waals surface area contributed by atoms with Crippen molar-refractivity contribution < 1.29 is 0 Å². The van der Waals surface area contributed by atoms with Gasteiger partial charge in [0.1, 0.15) is 0 Å². The zero-order valence-corrected chi connectivity index (χ0v) is 19.2. The van der Waals surface area contributed by atoms with Crippen molar-refractivity contribution in [3.05, 3.63) is 58.7 Å². The maximum Gasteiger partial charge on any atom is 0.0481 e. The molecule has 0 unspecified atom stereocenters. The van der Waals surface area contributed by atoms with Crippen molar-refractivity contribution >= 4 is 11.4 Å². The van der Waals surface area contributed by atoms with Crippen LogP contribution in [-0.4, -0.2) is 13.1 Å². The molecule has 2 nitrogen and oxygen atoms in total. The first kappa shape index (κ1) is 22.5. The molecule has 0 amide bonds. The summed E-state index contributed by atoms with van der Waals surface area (Å²) in [5.41, 5.74) is 14.5. The minimum atomic E-state index is 0.461. The van der Waals surface area contributed by atoms with E-state index in [0.717, 1.165) is 6.54 Å². The van der Waals surface area contributed by atoms with Gasteiger partial charge in [-0.05, 0) is 45.9 Å². The fourth-order valence-corrected chi connectivity index (χ4v) is 4.11. The Morgan fingerprint density at radius 1 is 0.607 bits per heavy atom. The van der Waals surface area contributed by atoms with Gasteiger partial charge in [-0.1, -0.05) is 91.8 Å². The summed E-state index contributed by atoms with van der Waals surface area (Å²) in [7, 11) is 0. The molecule has 0 aliphatic heterocycles. The molecule has 2 aromatic carbocycles. The van der Waals surface area contributed by atoms with Gasteiger partial charge in [0, 0.05) is 24.5 Å². The van der Waals surface area contributed by atoms with Crippen LogP contribution >= 0.6 is 0 Å². The number of para-hydroxylation sites is 2. The van der Waals surface area contributed by atoms with Gasteiger partial charge >= 0.3 is 0 Å². The highest BCUT2D eigenvalue weighted by Gasteiger charge is 2.25. The molecule has 0 saturated heterocycles. The van der Waals surface area contributed by atoms with Crippen LogP contribution in [0, 0.1) is 0 Å². The summed E-state index contributed by atoms with van der Waals surface area (Å²) in [6.45, 7) is 19.8. The number of nitrogens with zero attached hydrogens (tertiary/aromatic N) is 1. The van der Waals surface area contributed by atoms with E-state index < -0.39 is 0 Å². The molecular formula is C26H40N2. The second kappa shape index (κ2) is 9.60. The quantitative estimate of drug-likeness (QED) is 0.521. The first-order valence-electron chi connectivity index (χ1n) is 10.9. The summed E-state index contributed by atoms with van der Waals surface area (Å²) in [5, 5.41) is 0. The Bertz CT molecular complexity index is 656. The monoisotopic (exact) mass is 380 g/mol. The smallest absolute Gasteiger partial charge is 0.0481 e. The van der Waals surface area contributed by atoms with Gasteiger partial charge in [0.05, 0.1) is 0 Å². The number of hydrogen-bond donors (Lipinski definition) is 1. The lowest BCUT2D eigenvalue weighted by atomic mass is 9.88. The standard InChI is InChI=1S/C26H40N2/c1-17(2)21-11-9-12-22(18(3)4)25(21)28(16-15-27)26-23(19(5)6)13-10-14-24(26)20(7)8/h9-14,17-20H,15-16,27H2,1-8H3. The van der Waals surface area contributed by atoms with Crippen LogP contribution in [0.4, 0.5) is 11.4 Å². The number of benzene rings is 2. The molecule has 0 aliphatic carbocycles. The van der Waals surface area contributed by atoms with Crippen LogP contribution in [0.5, 0.6) is 0 Å². The number of nitrogens with two attached hydrogens (primary N) is 1. The Morgan fingerprint density at radius 2 is 0.893 bits per heavy atom. The highest BCUT2D eigenvalue weighted by atomic mass is 15.2. The van der Waals surface area contributed by atoms with E-state index in [1.165, 1.54) is 33.6 Å². The summed E-state index contributed by atoms with van der Waals surface area (Å²) in [4.78, 5) is 2.54. The van der Waals surface area contributed by atoms with Crippen LogP contribution < -0.4 is 10.6 Å². The molecule has 0 aliphatic rings. The van der Waals surface area contributed by atoms with Crippen LogP contribution in [0.3, 0.4) is 0 Å². The van der Waals surface area contributed by atoms with Gasteiger partial charge in [0.2, 0.25) is 0 Å². The molecule has 0 fully saturated rings. The molecular weight excluding hydrogens is 340 g/mol. The Labute approximate surface area is 173 Å². The van der Waals surface area contributed by atoms with Crippen LogP contribution in [-0.2, 0) is 0 Å². The van der Waals surface area contributed by atoms with E-state index in [2.05, 4.69) is 96.7 Å². The Morgan fingerprint density at radius 3 is 1.11 bits per heavy atom. The lowest BCUT2D eigenvalue weighted by Gasteiger charge is -2.36. The van der Waals surface area contributed by atoms with Crippen molar-refractivity contribution in [1.29, 1.82) is 0 Å². The van der Waals surface area contributed by atoms with Crippen LogP contribution in [0.25, 0.3) is 0 Å². The predicted molar refractivity (Wildman–Crippen MR) is 125 cm³/mol. The van der Waals surface area contributed by atoms with E-state index in [1.807, 2.05) is 0 Å². The van der Waals surface area contributed by atoms with Gasteiger partial charge in [-0.15, -0.1) is 0 Å². The summed E-state index contributed by atoms with van der Waals surface area (Å²) in [6.07, 6.45) is 0. The summed E-state index contributed by atoms with van der Waals surface area (Å²) >= 11 is 0. The lowest BCUT2D eigenvalue weighted by molar-refractivity contribution is 0.785. The number of anilines is 2. The summed E-state index contributed by atoms with van der Waals surface area (Å²) in [5.74, 6) is 1.84. The SMILES string of the molecule is CC(C)c1cccc(C(C)C)c1N(CCN)c1c(C(C)C)cccc1C(C)C. The van der Waals surface area contributed by atoms with Crippen molar-refractivity contribution in [1.82, 2.24) is 0 Å². The third kappa shape index (κ3) is 4.60. The normalized spacial score (nSPS) is 11.9. The lowest BCUT2D eigenvalue weighted by Crippen LogP contribution is -2.29. The van der Waals surface area contributed by atoms with Crippen LogP contribution in [0.2, 0.25) is 0 Å². The third-order valence-electron chi connectivity index (χ3n) is 5.58. The minimum absolute atomic E-state index is 0.461. The molecule has 0 bridgehead atoms. The van der Waals surface area contributed by atoms with Crippen LogP contribution in [0.1, 0.15) is 101 Å². The van der Waals surface area contributed by atoms with Crippen molar-refractivity contribution in [3.8, 4) is 0 Å². The second-order valence-corrected chi connectivity index (χ2v) is 9.13. The average molecular weight is 381 g/mol. The molecule has 0 atom stereocenters. The fraction of sp³-hybridized carbons (Fsp3) is 0.538. The van der Waals surface area contributed by atoms with Crippen molar-refractivity contribution in [3.63, 3.8) is 0 Å². The highest BCUT2D eigenvalue weighted by Crippen LogP contribution is 2.44. The molecule has 0 saturated carbocycles.